The first kappa shape index (κ1) is 17.0. The predicted molar refractivity (Wildman–Crippen MR) is 83.3 cm³/mol. The van der Waals surface area contributed by atoms with Gasteiger partial charge in [-0.05, 0) is 19.3 Å². The molecule has 0 heterocycles. The Morgan fingerprint density at radius 1 is 1.29 bits per heavy atom. The average molecular weight is 355 g/mol. The first-order chi connectivity index (χ1) is 7.86. The van der Waals surface area contributed by atoms with Crippen LogP contribution in [0.2, 0.25) is 0 Å². The van der Waals surface area contributed by atoms with E-state index in [-0.39, 0.29) is 24.0 Å². The first-order valence-corrected chi connectivity index (χ1v) is 6.37. The first-order valence-electron chi connectivity index (χ1n) is 6.37. The van der Waals surface area contributed by atoms with Gasteiger partial charge in [0, 0.05) is 27.2 Å². The van der Waals surface area contributed by atoms with Crippen molar-refractivity contribution < 1.29 is 4.74 Å². The topological polar surface area (TPSA) is 45.7 Å². The van der Waals surface area contributed by atoms with Crippen molar-refractivity contribution in [2.24, 2.45) is 4.99 Å². The number of aliphatic imine (C=N–C) groups is 1. The molecule has 1 aliphatic rings. The van der Waals surface area contributed by atoms with Gasteiger partial charge in [-0.2, -0.15) is 0 Å². The fraction of sp³-hybridized carbons (Fsp3) is 0.917. The van der Waals surface area contributed by atoms with Crippen LogP contribution in [0, 0.1) is 0 Å². The maximum absolute atomic E-state index is 5.83. The van der Waals surface area contributed by atoms with Gasteiger partial charge in [-0.15, -0.1) is 24.0 Å². The van der Waals surface area contributed by atoms with Crippen LogP contribution in [-0.2, 0) is 4.74 Å². The lowest BCUT2D eigenvalue weighted by Crippen LogP contribution is -2.35. The second-order valence-electron chi connectivity index (χ2n) is 4.23. The van der Waals surface area contributed by atoms with Gasteiger partial charge in [0.1, 0.15) is 0 Å². The zero-order valence-electron chi connectivity index (χ0n) is 11.0. The molecule has 0 aromatic rings. The Labute approximate surface area is 122 Å². The summed E-state index contributed by atoms with van der Waals surface area (Å²) in [4.78, 5) is 4.05. The van der Waals surface area contributed by atoms with Gasteiger partial charge in [0.05, 0.1) is 6.10 Å². The van der Waals surface area contributed by atoms with E-state index in [4.69, 9.17) is 4.74 Å². The van der Waals surface area contributed by atoms with Crippen LogP contribution in [0.15, 0.2) is 4.99 Å². The summed E-state index contributed by atoms with van der Waals surface area (Å²) < 4.78 is 5.83. The van der Waals surface area contributed by atoms with E-state index < -0.39 is 0 Å². The third kappa shape index (κ3) is 7.81. The summed E-state index contributed by atoms with van der Waals surface area (Å²) in [5.74, 6) is 0.845. The minimum Gasteiger partial charge on any atom is -0.378 e. The third-order valence-corrected chi connectivity index (χ3v) is 2.98. The van der Waals surface area contributed by atoms with E-state index in [1.165, 1.54) is 32.1 Å². The van der Waals surface area contributed by atoms with Gasteiger partial charge in [0.25, 0.3) is 0 Å². The second-order valence-corrected chi connectivity index (χ2v) is 4.23. The Morgan fingerprint density at radius 3 is 2.59 bits per heavy atom. The summed E-state index contributed by atoms with van der Waals surface area (Å²) in [6.07, 6.45) is 8.15. The summed E-state index contributed by atoms with van der Waals surface area (Å²) in [7, 11) is 3.64. The fourth-order valence-electron chi connectivity index (χ4n) is 2.04. The van der Waals surface area contributed by atoms with Crippen molar-refractivity contribution in [3.8, 4) is 0 Å². The quantitative estimate of drug-likeness (QED) is 0.344. The highest BCUT2D eigenvalue weighted by Gasteiger charge is 2.12. The molecule has 17 heavy (non-hydrogen) atoms. The molecule has 2 N–H and O–H groups in total. The molecule has 0 aliphatic heterocycles. The van der Waals surface area contributed by atoms with Crippen LogP contribution in [0.1, 0.15) is 38.5 Å². The van der Waals surface area contributed by atoms with Crippen molar-refractivity contribution in [1.29, 1.82) is 0 Å². The van der Waals surface area contributed by atoms with E-state index in [0.717, 1.165) is 25.5 Å². The summed E-state index contributed by atoms with van der Waals surface area (Å²) in [6, 6.07) is 0. The highest BCUT2D eigenvalue weighted by molar-refractivity contribution is 14.0. The maximum Gasteiger partial charge on any atom is 0.190 e. The largest absolute Gasteiger partial charge is 0.378 e. The van der Waals surface area contributed by atoms with Gasteiger partial charge in [0.2, 0.25) is 0 Å². The van der Waals surface area contributed by atoms with E-state index in [2.05, 4.69) is 15.6 Å². The molecule has 0 saturated heterocycles. The van der Waals surface area contributed by atoms with E-state index in [1.807, 2.05) is 7.05 Å². The number of nitrogens with one attached hydrogen (secondary N) is 2. The highest BCUT2D eigenvalue weighted by atomic mass is 127. The number of nitrogens with zero attached hydrogens (tertiary/aromatic N) is 1. The molecule has 1 fully saturated rings. The molecule has 0 spiro atoms. The van der Waals surface area contributed by atoms with Gasteiger partial charge >= 0.3 is 0 Å². The Balaban J connectivity index is 0.00000256. The normalized spacial score (nSPS) is 17.4. The van der Waals surface area contributed by atoms with Gasteiger partial charge < -0.3 is 15.4 Å². The Hall–Kier alpha value is -0.0400. The zero-order valence-corrected chi connectivity index (χ0v) is 13.3. The lowest BCUT2D eigenvalue weighted by Gasteiger charge is -2.22. The molecule has 0 amide bonds. The van der Waals surface area contributed by atoms with Crippen LogP contribution in [0.5, 0.6) is 0 Å². The van der Waals surface area contributed by atoms with Crippen LogP contribution in [0.4, 0.5) is 0 Å². The Morgan fingerprint density at radius 2 is 2.00 bits per heavy atom. The van der Waals surface area contributed by atoms with E-state index in [9.17, 15) is 0 Å². The Kier molecular flexibility index (Phi) is 11.0. The van der Waals surface area contributed by atoms with Crippen LogP contribution in [0.25, 0.3) is 0 Å². The minimum atomic E-state index is 0. The second kappa shape index (κ2) is 11.1. The van der Waals surface area contributed by atoms with Gasteiger partial charge in [-0.1, -0.05) is 19.3 Å². The standard InChI is InChI=1S/C12H25N3O.HI/c1-13-12(14-2)15-9-6-10-16-11-7-4-3-5-8-11;/h11H,3-10H2,1-2H3,(H2,13,14,15);1H. The number of ether oxygens (including phenoxy) is 1. The summed E-state index contributed by atoms with van der Waals surface area (Å²) in [5, 5.41) is 6.21. The molecule has 0 radical (unpaired) electrons. The van der Waals surface area contributed by atoms with Crippen molar-refractivity contribution in [3.05, 3.63) is 0 Å². The number of hydrogen-bond donors (Lipinski definition) is 2. The van der Waals surface area contributed by atoms with Crippen LogP contribution >= 0.6 is 24.0 Å². The zero-order chi connectivity index (χ0) is 11.6. The van der Waals surface area contributed by atoms with Crippen molar-refractivity contribution in [3.63, 3.8) is 0 Å². The van der Waals surface area contributed by atoms with Crippen molar-refractivity contribution in [1.82, 2.24) is 10.6 Å². The van der Waals surface area contributed by atoms with Crippen LogP contribution in [-0.4, -0.2) is 39.3 Å². The lowest BCUT2D eigenvalue weighted by atomic mass is 9.98. The fourth-order valence-corrected chi connectivity index (χ4v) is 2.04. The molecule has 1 aliphatic carbocycles. The number of rotatable bonds is 5. The predicted octanol–water partition coefficient (Wildman–Crippen LogP) is 2.14. The summed E-state index contributed by atoms with van der Waals surface area (Å²) in [6.45, 7) is 1.78. The summed E-state index contributed by atoms with van der Waals surface area (Å²) >= 11 is 0. The molecule has 0 aromatic carbocycles. The molecule has 5 heteroatoms. The minimum absolute atomic E-state index is 0. The Bertz CT molecular complexity index is 206. The number of hydrogen-bond acceptors (Lipinski definition) is 2. The molecule has 0 atom stereocenters. The van der Waals surface area contributed by atoms with Gasteiger partial charge in [0.15, 0.2) is 5.96 Å². The summed E-state index contributed by atoms with van der Waals surface area (Å²) in [5.41, 5.74) is 0. The monoisotopic (exact) mass is 355 g/mol. The highest BCUT2D eigenvalue weighted by Crippen LogP contribution is 2.20. The maximum atomic E-state index is 5.83. The lowest BCUT2D eigenvalue weighted by molar-refractivity contribution is 0.0277. The van der Waals surface area contributed by atoms with Crippen molar-refractivity contribution in [2.45, 2.75) is 44.6 Å². The van der Waals surface area contributed by atoms with E-state index >= 15 is 0 Å². The molecule has 102 valence electrons. The number of halogens is 1. The third-order valence-electron chi connectivity index (χ3n) is 2.98. The molecular formula is C12H26IN3O. The molecule has 1 rings (SSSR count). The molecular weight excluding hydrogens is 329 g/mol. The molecule has 1 saturated carbocycles. The van der Waals surface area contributed by atoms with E-state index in [1.54, 1.807) is 7.05 Å². The van der Waals surface area contributed by atoms with Crippen LogP contribution < -0.4 is 10.6 Å². The number of guanidine groups is 1. The van der Waals surface area contributed by atoms with Crippen molar-refractivity contribution >= 4 is 29.9 Å². The smallest absolute Gasteiger partial charge is 0.190 e. The van der Waals surface area contributed by atoms with Crippen molar-refractivity contribution in [2.75, 3.05) is 27.2 Å². The van der Waals surface area contributed by atoms with E-state index in [0.29, 0.717) is 6.10 Å². The van der Waals surface area contributed by atoms with Gasteiger partial charge in [-0.25, -0.2) is 0 Å². The average Bonchev–Trinajstić information content (AvgIpc) is 2.35. The SMILES string of the molecule is CN=C(NC)NCCCOC1CCCCC1.I. The molecule has 0 unspecified atom stereocenters. The molecule has 0 bridgehead atoms. The molecule has 0 aromatic heterocycles. The molecule has 4 nitrogen and oxygen atoms in total. The van der Waals surface area contributed by atoms with Gasteiger partial charge in [-0.3, -0.25) is 4.99 Å². The van der Waals surface area contributed by atoms with Crippen LogP contribution in [0.3, 0.4) is 0 Å².